The third-order valence-electron chi connectivity index (χ3n) is 5.35. The van der Waals surface area contributed by atoms with E-state index in [1.165, 1.54) is 41.2 Å². The molecule has 1 atom stereocenters. The number of benzene rings is 2. The Balaban J connectivity index is 1.73. The van der Waals surface area contributed by atoms with Gasteiger partial charge >= 0.3 is 5.97 Å². The van der Waals surface area contributed by atoms with Crippen LogP contribution in [0.5, 0.6) is 0 Å². The number of sulfonamides is 1. The molecule has 2 aromatic rings. The molecule has 0 saturated carbocycles. The fourth-order valence-electron chi connectivity index (χ4n) is 3.67. The average molecular weight is 445 g/mol. The summed E-state index contributed by atoms with van der Waals surface area (Å²) in [5, 5.41) is 2.67. The number of rotatable bonds is 7. The monoisotopic (exact) mass is 444 g/mol. The second kappa shape index (κ2) is 9.62. The lowest BCUT2D eigenvalue weighted by molar-refractivity contribution is -0.143. The molecular formula is C23H28N2O5S. The van der Waals surface area contributed by atoms with Crippen molar-refractivity contribution in [1.82, 2.24) is 9.62 Å². The van der Waals surface area contributed by atoms with Crippen molar-refractivity contribution in [2.24, 2.45) is 5.92 Å². The van der Waals surface area contributed by atoms with Crippen molar-refractivity contribution in [2.45, 2.75) is 44.2 Å². The highest BCUT2D eigenvalue weighted by Gasteiger charge is 2.28. The predicted molar refractivity (Wildman–Crippen MR) is 117 cm³/mol. The number of carbonyl (C=O) groups is 2. The summed E-state index contributed by atoms with van der Waals surface area (Å²) in [6.45, 7) is 4.63. The van der Waals surface area contributed by atoms with Crippen molar-refractivity contribution in [3.8, 4) is 0 Å². The van der Waals surface area contributed by atoms with E-state index >= 15 is 0 Å². The van der Waals surface area contributed by atoms with E-state index < -0.39 is 27.9 Å². The molecule has 8 heteroatoms. The first kappa shape index (κ1) is 23.0. The molecular weight excluding hydrogens is 416 g/mol. The van der Waals surface area contributed by atoms with Crippen LogP contribution < -0.4 is 5.32 Å². The third-order valence-corrected chi connectivity index (χ3v) is 7.21. The molecule has 0 aliphatic carbocycles. The molecule has 31 heavy (non-hydrogen) atoms. The molecule has 0 saturated heterocycles. The lowest BCUT2D eigenvalue weighted by Crippen LogP contribution is -2.42. The molecule has 1 unspecified atom stereocenters. The fraction of sp³-hybridized carbons (Fsp3) is 0.391. The Hall–Kier alpha value is -2.71. The molecule has 1 aliphatic rings. The molecule has 0 spiro atoms. The quantitative estimate of drug-likeness (QED) is 0.663. The predicted octanol–water partition coefficient (Wildman–Crippen LogP) is 2.75. The summed E-state index contributed by atoms with van der Waals surface area (Å²) >= 11 is 0. The van der Waals surface area contributed by atoms with Gasteiger partial charge in [-0.05, 0) is 54.2 Å². The Morgan fingerprint density at radius 1 is 1.06 bits per heavy atom. The number of amides is 1. The van der Waals surface area contributed by atoms with Crippen molar-refractivity contribution >= 4 is 21.9 Å². The minimum absolute atomic E-state index is 0.134. The molecule has 0 fully saturated rings. The number of fused-ring (bicyclic) bond motifs is 1. The summed E-state index contributed by atoms with van der Waals surface area (Å²) in [6, 6.07) is 12.9. The van der Waals surface area contributed by atoms with Crippen molar-refractivity contribution in [3.63, 3.8) is 0 Å². The zero-order valence-corrected chi connectivity index (χ0v) is 18.8. The highest BCUT2D eigenvalue weighted by atomic mass is 32.2. The largest absolute Gasteiger partial charge is 0.467 e. The Labute approximate surface area is 183 Å². The van der Waals surface area contributed by atoms with Gasteiger partial charge in [0.05, 0.1) is 12.0 Å². The number of ether oxygens (including phenoxy) is 1. The van der Waals surface area contributed by atoms with E-state index in [0.717, 1.165) is 5.56 Å². The Morgan fingerprint density at radius 3 is 2.32 bits per heavy atom. The van der Waals surface area contributed by atoms with E-state index in [1.807, 2.05) is 38.1 Å². The molecule has 1 aliphatic heterocycles. The maximum atomic E-state index is 13.1. The molecule has 1 heterocycles. The summed E-state index contributed by atoms with van der Waals surface area (Å²) in [5.74, 6) is -0.773. The Bertz CT molecular complexity index is 1050. The molecule has 7 nitrogen and oxygen atoms in total. The maximum absolute atomic E-state index is 13.1. The normalized spacial score (nSPS) is 15.2. The minimum atomic E-state index is -3.68. The van der Waals surface area contributed by atoms with E-state index in [0.29, 0.717) is 25.9 Å². The standard InChI is InChI=1S/C23H28N2O5S/c1-16(2)14-21(23(27)30-3)24-22(26)18-8-10-20(11-9-18)31(28,29)25-13-12-17-6-4-5-7-19(17)15-25/h4-11,16,21H,12-15H2,1-3H3,(H,24,26). The molecule has 0 radical (unpaired) electrons. The van der Waals surface area contributed by atoms with Crippen LogP contribution in [-0.2, 0) is 32.5 Å². The summed E-state index contributed by atoms with van der Waals surface area (Å²) in [7, 11) is -2.40. The first-order valence-electron chi connectivity index (χ1n) is 10.3. The maximum Gasteiger partial charge on any atom is 0.328 e. The number of nitrogens with one attached hydrogen (secondary N) is 1. The van der Waals surface area contributed by atoms with E-state index in [1.54, 1.807) is 0 Å². The van der Waals surface area contributed by atoms with Gasteiger partial charge in [0.15, 0.2) is 0 Å². The van der Waals surface area contributed by atoms with E-state index in [-0.39, 0.29) is 16.4 Å². The summed E-state index contributed by atoms with van der Waals surface area (Å²) in [4.78, 5) is 24.7. The SMILES string of the molecule is COC(=O)C(CC(C)C)NC(=O)c1ccc(S(=O)(=O)N2CCc3ccccc3C2)cc1. The first-order valence-corrected chi connectivity index (χ1v) is 11.7. The smallest absolute Gasteiger partial charge is 0.328 e. The van der Waals surface area contributed by atoms with Gasteiger partial charge in [-0.25, -0.2) is 13.2 Å². The van der Waals surface area contributed by atoms with Crippen LogP contribution in [0.4, 0.5) is 0 Å². The number of nitrogens with zero attached hydrogens (tertiary/aromatic N) is 1. The van der Waals surface area contributed by atoms with Crippen LogP contribution >= 0.6 is 0 Å². The third kappa shape index (κ3) is 5.32. The van der Waals surface area contributed by atoms with Crippen LogP contribution in [0.1, 0.15) is 41.8 Å². The fourth-order valence-corrected chi connectivity index (χ4v) is 5.09. The Morgan fingerprint density at radius 2 is 1.71 bits per heavy atom. The van der Waals surface area contributed by atoms with Gasteiger partial charge in [0.1, 0.15) is 6.04 Å². The molecule has 1 amide bonds. The lowest BCUT2D eigenvalue weighted by atomic mass is 10.0. The summed E-state index contributed by atoms with van der Waals surface area (Å²) < 4.78 is 32.4. The van der Waals surface area contributed by atoms with Gasteiger partial charge in [-0.15, -0.1) is 0 Å². The second-order valence-electron chi connectivity index (χ2n) is 8.06. The van der Waals surface area contributed by atoms with Crippen molar-refractivity contribution in [3.05, 3.63) is 65.2 Å². The highest BCUT2D eigenvalue weighted by molar-refractivity contribution is 7.89. The van der Waals surface area contributed by atoms with Gasteiger partial charge in [0, 0.05) is 18.7 Å². The van der Waals surface area contributed by atoms with Gasteiger partial charge in [-0.2, -0.15) is 4.31 Å². The Kier molecular flexibility index (Phi) is 7.12. The van der Waals surface area contributed by atoms with Crippen LogP contribution in [0.3, 0.4) is 0 Å². The molecule has 0 bridgehead atoms. The number of esters is 1. The first-order chi connectivity index (χ1) is 14.7. The number of methoxy groups -OCH3 is 1. The van der Waals surface area contributed by atoms with Crippen LogP contribution in [0.15, 0.2) is 53.4 Å². The number of hydrogen-bond acceptors (Lipinski definition) is 5. The second-order valence-corrected chi connectivity index (χ2v) is 10.00. The molecule has 1 N–H and O–H groups in total. The molecule has 166 valence electrons. The van der Waals surface area contributed by atoms with E-state index in [4.69, 9.17) is 4.74 Å². The molecule has 0 aromatic heterocycles. The zero-order chi connectivity index (χ0) is 22.6. The van der Waals surface area contributed by atoms with Crippen LogP contribution in [0, 0.1) is 5.92 Å². The number of carbonyl (C=O) groups excluding carboxylic acids is 2. The van der Waals surface area contributed by atoms with Gasteiger partial charge in [-0.1, -0.05) is 38.1 Å². The summed E-state index contributed by atoms with van der Waals surface area (Å²) in [6.07, 6.45) is 1.11. The van der Waals surface area contributed by atoms with Crippen molar-refractivity contribution < 1.29 is 22.7 Å². The summed E-state index contributed by atoms with van der Waals surface area (Å²) in [5.41, 5.74) is 2.45. The van der Waals surface area contributed by atoms with Crippen LogP contribution in [0.2, 0.25) is 0 Å². The van der Waals surface area contributed by atoms with Gasteiger partial charge in [0.25, 0.3) is 5.91 Å². The van der Waals surface area contributed by atoms with Gasteiger partial charge in [0.2, 0.25) is 10.0 Å². The average Bonchev–Trinajstić information content (AvgIpc) is 2.77. The molecule has 2 aromatic carbocycles. The molecule has 3 rings (SSSR count). The minimum Gasteiger partial charge on any atom is -0.467 e. The van der Waals surface area contributed by atoms with Crippen molar-refractivity contribution in [1.29, 1.82) is 0 Å². The topological polar surface area (TPSA) is 92.8 Å². The van der Waals surface area contributed by atoms with E-state index in [9.17, 15) is 18.0 Å². The van der Waals surface area contributed by atoms with Gasteiger partial charge in [-0.3, -0.25) is 4.79 Å². The van der Waals surface area contributed by atoms with Crippen LogP contribution in [-0.4, -0.2) is 44.3 Å². The number of hydrogen-bond donors (Lipinski definition) is 1. The highest BCUT2D eigenvalue weighted by Crippen LogP contribution is 2.25. The lowest BCUT2D eigenvalue weighted by Gasteiger charge is -2.28. The van der Waals surface area contributed by atoms with E-state index in [2.05, 4.69) is 5.32 Å². The van der Waals surface area contributed by atoms with Crippen LogP contribution in [0.25, 0.3) is 0 Å². The van der Waals surface area contributed by atoms with Crippen molar-refractivity contribution in [2.75, 3.05) is 13.7 Å². The van der Waals surface area contributed by atoms with Gasteiger partial charge < -0.3 is 10.1 Å². The zero-order valence-electron chi connectivity index (χ0n) is 18.0.